The maximum absolute atomic E-state index is 11.2. The summed E-state index contributed by atoms with van der Waals surface area (Å²) in [5, 5.41) is 3.69. The van der Waals surface area contributed by atoms with Crippen LogP contribution in [0, 0.1) is 16.7 Å². The molecule has 1 rings (SSSR count). The molecule has 0 aliphatic carbocycles. The monoisotopic (exact) mass is 297 g/mol. The molecule has 124 valence electrons. The normalized spacial score (nSPS) is 25.0. The van der Waals surface area contributed by atoms with E-state index in [2.05, 4.69) is 51.8 Å². The van der Waals surface area contributed by atoms with Crippen molar-refractivity contribution in [2.45, 2.75) is 60.4 Å². The van der Waals surface area contributed by atoms with E-state index in [1.54, 1.807) is 0 Å². The molecule has 0 bridgehead atoms. The van der Waals surface area contributed by atoms with Crippen LogP contribution in [0.2, 0.25) is 0 Å². The lowest BCUT2D eigenvalue weighted by atomic mass is 9.80. The van der Waals surface area contributed by atoms with E-state index >= 15 is 0 Å². The molecule has 1 aliphatic rings. The number of likely N-dealkylation sites (tertiary alicyclic amines) is 1. The molecule has 0 aromatic heterocycles. The van der Waals surface area contributed by atoms with Crippen LogP contribution in [0.15, 0.2) is 0 Å². The van der Waals surface area contributed by atoms with Crippen molar-refractivity contribution in [1.29, 1.82) is 0 Å². The average Bonchev–Trinajstić information content (AvgIpc) is 2.21. The second-order valence-electron chi connectivity index (χ2n) is 9.17. The molecule has 3 N–H and O–H groups in total. The summed E-state index contributed by atoms with van der Waals surface area (Å²) in [6, 6.07) is 0.463. The van der Waals surface area contributed by atoms with E-state index in [1.165, 1.54) is 12.8 Å². The standard InChI is InChI=1S/C17H35N3O/c1-16(2,3)8-13-7-14(19-12-17(4,5)6)10-20(9-13)11-15(18)21/h13-14,19H,7-12H2,1-6H3,(H2,18,21). The first-order valence-electron chi connectivity index (χ1n) is 8.19. The molecule has 0 aromatic carbocycles. The minimum absolute atomic E-state index is 0.221. The zero-order chi connectivity index (χ0) is 16.3. The van der Waals surface area contributed by atoms with Gasteiger partial charge in [-0.25, -0.2) is 0 Å². The van der Waals surface area contributed by atoms with Crippen molar-refractivity contribution in [2.75, 3.05) is 26.2 Å². The number of carbonyl (C=O) groups is 1. The Bertz CT molecular complexity index is 341. The van der Waals surface area contributed by atoms with Crippen LogP contribution >= 0.6 is 0 Å². The van der Waals surface area contributed by atoms with Crippen molar-refractivity contribution < 1.29 is 4.79 Å². The predicted molar refractivity (Wildman–Crippen MR) is 89.1 cm³/mol. The largest absolute Gasteiger partial charge is 0.369 e. The van der Waals surface area contributed by atoms with Crippen LogP contribution in [0.4, 0.5) is 0 Å². The number of carbonyl (C=O) groups excluding carboxylic acids is 1. The molecular weight excluding hydrogens is 262 g/mol. The summed E-state index contributed by atoms with van der Waals surface area (Å²) in [6.07, 6.45) is 2.39. The fourth-order valence-corrected chi connectivity index (χ4v) is 3.26. The fraction of sp³-hybridized carbons (Fsp3) is 0.941. The lowest BCUT2D eigenvalue weighted by Crippen LogP contribution is -2.52. The van der Waals surface area contributed by atoms with Crippen molar-refractivity contribution in [3.63, 3.8) is 0 Å². The van der Waals surface area contributed by atoms with E-state index in [0.717, 1.165) is 19.6 Å². The molecule has 4 nitrogen and oxygen atoms in total. The van der Waals surface area contributed by atoms with Gasteiger partial charge < -0.3 is 11.1 Å². The van der Waals surface area contributed by atoms with Crippen molar-refractivity contribution >= 4 is 5.91 Å². The Hall–Kier alpha value is -0.610. The Morgan fingerprint density at radius 1 is 1.14 bits per heavy atom. The highest BCUT2D eigenvalue weighted by Gasteiger charge is 2.30. The van der Waals surface area contributed by atoms with Crippen molar-refractivity contribution in [3.05, 3.63) is 0 Å². The maximum Gasteiger partial charge on any atom is 0.231 e. The van der Waals surface area contributed by atoms with Crippen LogP contribution in [-0.2, 0) is 4.79 Å². The number of piperidine rings is 1. The lowest BCUT2D eigenvalue weighted by Gasteiger charge is -2.40. The highest BCUT2D eigenvalue weighted by atomic mass is 16.1. The third kappa shape index (κ3) is 8.42. The Balaban J connectivity index is 2.63. The van der Waals surface area contributed by atoms with Gasteiger partial charge in [-0.05, 0) is 29.6 Å². The number of nitrogens with zero attached hydrogens (tertiary/aromatic N) is 1. The summed E-state index contributed by atoms with van der Waals surface area (Å²) in [5.74, 6) is 0.413. The molecular formula is C17H35N3O. The molecule has 4 heteroatoms. The smallest absolute Gasteiger partial charge is 0.231 e. The lowest BCUT2D eigenvalue weighted by molar-refractivity contribution is -0.119. The van der Waals surface area contributed by atoms with Gasteiger partial charge in [-0.2, -0.15) is 0 Å². The molecule has 0 radical (unpaired) electrons. The van der Waals surface area contributed by atoms with Gasteiger partial charge in [-0.3, -0.25) is 9.69 Å². The summed E-state index contributed by atoms with van der Waals surface area (Å²) in [6.45, 7) is 16.9. The van der Waals surface area contributed by atoms with E-state index in [-0.39, 0.29) is 11.3 Å². The zero-order valence-electron chi connectivity index (χ0n) is 14.8. The minimum Gasteiger partial charge on any atom is -0.369 e. The summed E-state index contributed by atoms with van der Waals surface area (Å²) < 4.78 is 0. The van der Waals surface area contributed by atoms with Gasteiger partial charge in [-0.15, -0.1) is 0 Å². The molecule has 1 aliphatic heterocycles. The van der Waals surface area contributed by atoms with Crippen molar-refractivity contribution in [3.8, 4) is 0 Å². The van der Waals surface area contributed by atoms with Crippen LogP contribution in [0.1, 0.15) is 54.4 Å². The molecule has 21 heavy (non-hydrogen) atoms. The Kier molecular flexibility index (Phi) is 6.23. The zero-order valence-corrected chi connectivity index (χ0v) is 14.8. The van der Waals surface area contributed by atoms with Gasteiger partial charge in [0.2, 0.25) is 5.91 Å². The fourth-order valence-electron chi connectivity index (χ4n) is 3.26. The van der Waals surface area contributed by atoms with E-state index in [0.29, 0.717) is 23.9 Å². The predicted octanol–water partition coefficient (Wildman–Crippen LogP) is 2.23. The quantitative estimate of drug-likeness (QED) is 0.818. The van der Waals surface area contributed by atoms with Crippen LogP contribution in [0.3, 0.4) is 0 Å². The third-order valence-electron chi connectivity index (χ3n) is 3.81. The first-order chi connectivity index (χ1) is 9.44. The molecule has 1 heterocycles. The van der Waals surface area contributed by atoms with Gasteiger partial charge in [0.1, 0.15) is 0 Å². The molecule has 2 unspecified atom stereocenters. The molecule has 2 atom stereocenters. The van der Waals surface area contributed by atoms with Crippen molar-refractivity contribution in [1.82, 2.24) is 10.2 Å². The van der Waals surface area contributed by atoms with Crippen LogP contribution in [-0.4, -0.2) is 43.0 Å². The first kappa shape index (κ1) is 18.4. The molecule has 1 saturated heterocycles. The van der Waals surface area contributed by atoms with E-state index < -0.39 is 0 Å². The number of amides is 1. The van der Waals surface area contributed by atoms with Gasteiger partial charge in [-0.1, -0.05) is 41.5 Å². The van der Waals surface area contributed by atoms with Gasteiger partial charge >= 0.3 is 0 Å². The number of rotatable bonds is 5. The van der Waals surface area contributed by atoms with Crippen molar-refractivity contribution in [2.24, 2.45) is 22.5 Å². The second kappa shape index (κ2) is 7.10. The highest BCUT2D eigenvalue weighted by Crippen LogP contribution is 2.30. The number of nitrogens with one attached hydrogen (secondary N) is 1. The number of hydrogen-bond donors (Lipinski definition) is 2. The summed E-state index contributed by atoms with van der Waals surface area (Å²) in [5.41, 5.74) is 6.00. The molecule has 0 saturated carbocycles. The molecule has 0 spiro atoms. The number of hydrogen-bond acceptors (Lipinski definition) is 3. The topological polar surface area (TPSA) is 58.4 Å². The Labute approximate surface area is 130 Å². The Morgan fingerprint density at radius 3 is 2.24 bits per heavy atom. The summed E-state index contributed by atoms with van der Waals surface area (Å²) in [7, 11) is 0. The van der Waals surface area contributed by atoms with E-state index in [1.807, 2.05) is 0 Å². The van der Waals surface area contributed by atoms with Crippen LogP contribution in [0.5, 0.6) is 0 Å². The average molecular weight is 297 g/mol. The van der Waals surface area contributed by atoms with Gasteiger partial charge in [0.25, 0.3) is 0 Å². The van der Waals surface area contributed by atoms with Crippen LogP contribution < -0.4 is 11.1 Å². The van der Waals surface area contributed by atoms with E-state index in [9.17, 15) is 4.79 Å². The number of primary amides is 1. The van der Waals surface area contributed by atoms with Crippen LogP contribution in [0.25, 0.3) is 0 Å². The highest BCUT2D eigenvalue weighted by molar-refractivity contribution is 5.75. The second-order valence-corrected chi connectivity index (χ2v) is 9.17. The van der Waals surface area contributed by atoms with E-state index in [4.69, 9.17) is 5.73 Å². The summed E-state index contributed by atoms with van der Waals surface area (Å²) in [4.78, 5) is 13.5. The third-order valence-corrected chi connectivity index (χ3v) is 3.81. The Morgan fingerprint density at radius 2 is 1.76 bits per heavy atom. The molecule has 0 aromatic rings. The number of nitrogens with two attached hydrogens (primary N) is 1. The van der Waals surface area contributed by atoms with Gasteiger partial charge in [0.05, 0.1) is 6.54 Å². The maximum atomic E-state index is 11.2. The van der Waals surface area contributed by atoms with Gasteiger partial charge in [0.15, 0.2) is 0 Å². The minimum atomic E-state index is -0.221. The molecule has 1 fully saturated rings. The SMILES string of the molecule is CC(C)(C)CNC1CC(CC(C)(C)C)CN(CC(N)=O)C1. The first-order valence-corrected chi connectivity index (χ1v) is 8.19. The van der Waals surface area contributed by atoms with Gasteiger partial charge in [0, 0.05) is 25.7 Å². The summed E-state index contributed by atoms with van der Waals surface area (Å²) >= 11 is 0. The molecule has 1 amide bonds.